The smallest absolute Gasteiger partial charge is 0.273 e. The number of hydrogen-bond acceptors (Lipinski definition) is 5. The van der Waals surface area contributed by atoms with Crippen molar-refractivity contribution in [2.75, 3.05) is 13.7 Å². The van der Waals surface area contributed by atoms with Gasteiger partial charge in [0, 0.05) is 12.7 Å². The van der Waals surface area contributed by atoms with Gasteiger partial charge in [0.2, 0.25) is 0 Å². The highest BCUT2D eigenvalue weighted by atomic mass is 16.6. The lowest BCUT2D eigenvalue weighted by molar-refractivity contribution is -0.385. The van der Waals surface area contributed by atoms with Gasteiger partial charge < -0.3 is 14.6 Å². The summed E-state index contributed by atoms with van der Waals surface area (Å²) >= 11 is 0. The van der Waals surface area contributed by atoms with Crippen LogP contribution in [0.3, 0.4) is 0 Å². The highest BCUT2D eigenvalue weighted by Gasteiger charge is 2.21. The lowest BCUT2D eigenvalue weighted by atomic mass is 9.88. The standard InChI is InChI=1S/C15H21NO5/c1-20-15-7-12(6-13(8-15)16(18)19)10-21-14-4-2-11(9-17)3-5-14/h6-8,11,14,17H,2-5,9-10H2,1H3. The van der Waals surface area contributed by atoms with Gasteiger partial charge in [0.1, 0.15) is 5.75 Å². The summed E-state index contributed by atoms with van der Waals surface area (Å²) in [6.45, 7) is 0.585. The van der Waals surface area contributed by atoms with Crippen LogP contribution in [0.2, 0.25) is 0 Å². The van der Waals surface area contributed by atoms with E-state index in [-0.39, 0.29) is 18.4 Å². The average molecular weight is 295 g/mol. The van der Waals surface area contributed by atoms with Gasteiger partial charge in [0.15, 0.2) is 0 Å². The molecule has 0 heterocycles. The maximum absolute atomic E-state index is 10.9. The zero-order chi connectivity index (χ0) is 15.2. The van der Waals surface area contributed by atoms with E-state index in [0.717, 1.165) is 31.2 Å². The van der Waals surface area contributed by atoms with Gasteiger partial charge >= 0.3 is 0 Å². The number of ether oxygens (including phenoxy) is 2. The second-order valence-electron chi connectivity index (χ2n) is 5.43. The SMILES string of the molecule is COc1cc(COC2CCC(CO)CC2)cc([N+](=O)[O-])c1. The highest BCUT2D eigenvalue weighted by Crippen LogP contribution is 2.28. The lowest BCUT2D eigenvalue weighted by Crippen LogP contribution is -2.23. The Morgan fingerprint density at radius 3 is 2.57 bits per heavy atom. The highest BCUT2D eigenvalue weighted by molar-refractivity contribution is 5.42. The van der Waals surface area contributed by atoms with Gasteiger partial charge in [-0.2, -0.15) is 0 Å². The van der Waals surface area contributed by atoms with Gasteiger partial charge in [-0.3, -0.25) is 10.1 Å². The van der Waals surface area contributed by atoms with Gasteiger partial charge in [-0.25, -0.2) is 0 Å². The van der Waals surface area contributed by atoms with Crippen LogP contribution < -0.4 is 4.74 Å². The quantitative estimate of drug-likeness (QED) is 0.644. The molecule has 0 radical (unpaired) electrons. The molecule has 1 aromatic carbocycles. The van der Waals surface area contributed by atoms with Crippen molar-refractivity contribution < 1.29 is 19.5 Å². The number of methoxy groups -OCH3 is 1. The number of aliphatic hydroxyl groups excluding tert-OH is 1. The van der Waals surface area contributed by atoms with Crippen LogP contribution in [0.25, 0.3) is 0 Å². The maximum Gasteiger partial charge on any atom is 0.273 e. The molecule has 1 aliphatic rings. The summed E-state index contributed by atoms with van der Waals surface area (Å²) in [4.78, 5) is 10.4. The van der Waals surface area contributed by atoms with Gasteiger partial charge in [-0.15, -0.1) is 0 Å². The minimum absolute atomic E-state index is 0.0111. The van der Waals surface area contributed by atoms with Gasteiger partial charge in [0.05, 0.1) is 30.8 Å². The van der Waals surface area contributed by atoms with Crippen molar-refractivity contribution in [2.45, 2.75) is 38.4 Å². The molecule has 21 heavy (non-hydrogen) atoms. The summed E-state index contributed by atoms with van der Waals surface area (Å²) in [5.41, 5.74) is 0.752. The van der Waals surface area contributed by atoms with E-state index in [9.17, 15) is 10.1 Å². The molecule has 0 amide bonds. The molecule has 0 bridgehead atoms. The van der Waals surface area contributed by atoms with Crippen molar-refractivity contribution in [3.8, 4) is 5.75 Å². The van der Waals surface area contributed by atoms with E-state index in [1.165, 1.54) is 19.2 Å². The van der Waals surface area contributed by atoms with Crippen LogP contribution in [0.15, 0.2) is 18.2 Å². The zero-order valence-electron chi connectivity index (χ0n) is 12.2. The average Bonchev–Trinajstić information content (AvgIpc) is 2.53. The monoisotopic (exact) mass is 295 g/mol. The largest absolute Gasteiger partial charge is 0.496 e. The van der Waals surface area contributed by atoms with Crippen molar-refractivity contribution in [2.24, 2.45) is 5.92 Å². The Hall–Kier alpha value is -1.66. The van der Waals surface area contributed by atoms with E-state index >= 15 is 0 Å². The van der Waals surface area contributed by atoms with Crippen LogP contribution in [0.4, 0.5) is 5.69 Å². The molecule has 1 N–H and O–H groups in total. The van der Waals surface area contributed by atoms with Gasteiger partial charge in [-0.1, -0.05) is 0 Å². The fourth-order valence-electron chi connectivity index (χ4n) is 2.65. The Bertz CT molecular complexity index is 483. The van der Waals surface area contributed by atoms with E-state index < -0.39 is 4.92 Å². The van der Waals surface area contributed by atoms with E-state index in [1.807, 2.05) is 0 Å². The third kappa shape index (κ3) is 4.41. The van der Waals surface area contributed by atoms with Crippen LogP contribution in [0, 0.1) is 16.0 Å². The summed E-state index contributed by atoms with van der Waals surface area (Å²) in [5.74, 6) is 0.856. The summed E-state index contributed by atoms with van der Waals surface area (Å²) in [7, 11) is 1.49. The number of aliphatic hydroxyl groups is 1. The summed E-state index contributed by atoms with van der Waals surface area (Å²) in [6, 6.07) is 4.67. The fraction of sp³-hybridized carbons (Fsp3) is 0.600. The Labute approximate surface area is 123 Å². The number of nitro benzene ring substituents is 1. The Morgan fingerprint density at radius 1 is 1.29 bits per heavy atom. The molecular formula is C15H21NO5. The second-order valence-corrected chi connectivity index (χ2v) is 5.43. The number of nitrogens with zero attached hydrogens (tertiary/aromatic N) is 1. The molecule has 0 atom stereocenters. The fourth-order valence-corrected chi connectivity index (χ4v) is 2.65. The molecule has 6 nitrogen and oxygen atoms in total. The van der Waals surface area contributed by atoms with Crippen molar-refractivity contribution in [3.63, 3.8) is 0 Å². The number of benzene rings is 1. The Morgan fingerprint density at radius 2 is 2.00 bits per heavy atom. The summed E-state index contributed by atoms with van der Waals surface area (Å²) in [6.07, 6.45) is 3.96. The third-order valence-corrected chi connectivity index (χ3v) is 3.94. The van der Waals surface area contributed by atoms with Gasteiger partial charge in [-0.05, 0) is 43.2 Å². The van der Waals surface area contributed by atoms with Crippen LogP contribution in [0.5, 0.6) is 5.75 Å². The van der Waals surface area contributed by atoms with E-state index in [1.54, 1.807) is 6.07 Å². The molecule has 0 unspecified atom stereocenters. The maximum atomic E-state index is 10.9. The van der Waals surface area contributed by atoms with Crippen molar-refractivity contribution >= 4 is 5.69 Å². The molecule has 6 heteroatoms. The molecule has 0 aromatic heterocycles. The summed E-state index contributed by atoms with van der Waals surface area (Å²) in [5, 5.41) is 20.0. The van der Waals surface area contributed by atoms with Crippen LogP contribution >= 0.6 is 0 Å². The first-order valence-electron chi connectivity index (χ1n) is 7.17. The minimum Gasteiger partial charge on any atom is -0.496 e. The second kappa shape index (κ2) is 7.38. The normalized spacial score (nSPS) is 22.0. The van der Waals surface area contributed by atoms with Gasteiger partial charge in [0.25, 0.3) is 5.69 Å². The predicted molar refractivity (Wildman–Crippen MR) is 77.3 cm³/mol. The lowest BCUT2D eigenvalue weighted by Gasteiger charge is -2.27. The molecular weight excluding hydrogens is 274 g/mol. The van der Waals surface area contributed by atoms with E-state index in [0.29, 0.717) is 18.3 Å². The van der Waals surface area contributed by atoms with Crippen LogP contribution in [-0.2, 0) is 11.3 Å². The number of rotatable bonds is 6. The topological polar surface area (TPSA) is 81.8 Å². The predicted octanol–water partition coefficient (Wildman–Crippen LogP) is 2.67. The zero-order valence-corrected chi connectivity index (χ0v) is 12.2. The molecule has 0 aliphatic heterocycles. The molecule has 0 saturated heterocycles. The van der Waals surface area contributed by atoms with E-state index in [2.05, 4.69) is 0 Å². The molecule has 1 aromatic rings. The van der Waals surface area contributed by atoms with E-state index in [4.69, 9.17) is 14.6 Å². The first kappa shape index (κ1) is 15.7. The number of nitro groups is 1. The Balaban J connectivity index is 1.93. The molecule has 2 rings (SSSR count). The van der Waals surface area contributed by atoms with Crippen molar-refractivity contribution in [3.05, 3.63) is 33.9 Å². The number of non-ortho nitro benzene ring substituents is 1. The van der Waals surface area contributed by atoms with Crippen molar-refractivity contribution in [1.82, 2.24) is 0 Å². The van der Waals surface area contributed by atoms with Crippen LogP contribution in [0.1, 0.15) is 31.2 Å². The summed E-state index contributed by atoms with van der Waals surface area (Å²) < 4.78 is 10.9. The Kier molecular flexibility index (Phi) is 5.52. The number of hydrogen-bond donors (Lipinski definition) is 1. The molecule has 1 aliphatic carbocycles. The first-order chi connectivity index (χ1) is 10.1. The first-order valence-corrected chi connectivity index (χ1v) is 7.17. The third-order valence-electron chi connectivity index (χ3n) is 3.94. The minimum atomic E-state index is -0.432. The molecule has 116 valence electrons. The molecule has 0 spiro atoms. The molecule has 1 saturated carbocycles. The van der Waals surface area contributed by atoms with Crippen LogP contribution in [-0.4, -0.2) is 29.9 Å². The molecule has 1 fully saturated rings. The van der Waals surface area contributed by atoms with Crippen molar-refractivity contribution in [1.29, 1.82) is 0 Å².